The molecule has 1 aliphatic rings. The number of nitrogens with one attached hydrogen (secondary N) is 2. The Kier molecular flexibility index (Phi) is 4.82. The standard InChI is InChI=1S/C14H26N6O/c1-6-8-15-11-16-12(18-13(17-11)20(4)5)19-14(3)7-9-21-10(14)2/h10H,6-9H2,1-5H3,(H2,15,16,17,18,19). The summed E-state index contributed by atoms with van der Waals surface area (Å²) in [5, 5.41) is 6.64. The Morgan fingerprint density at radius 1 is 1.29 bits per heavy atom. The third kappa shape index (κ3) is 3.72. The highest BCUT2D eigenvalue weighted by molar-refractivity contribution is 5.44. The smallest absolute Gasteiger partial charge is 0.231 e. The molecule has 2 rings (SSSR count). The second-order valence-electron chi connectivity index (χ2n) is 5.91. The number of anilines is 3. The predicted molar refractivity (Wildman–Crippen MR) is 85.0 cm³/mol. The Hall–Kier alpha value is -1.63. The molecule has 7 nitrogen and oxygen atoms in total. The summed E-state index contributed by atoms with van der Waals surface area (Å²) in [6.45, 7) is 7.93. The van der Waals surface area contributed by atoms with E-state index in [-0.39, 0.29) is 11.6 Å². The molecule has 2 heterocycles. The van der Waals surface area contributed by atoms with Crippen molar-refractivity contribution in [3.8, 4) is 0 Å². The lowest BCUT2D eigenvalue weighted by atomic mass is 9.95. The van der Waals surface area contributed by atoms with Gasteiger partial charge in [0.2, 0.25) is 17.8 Å². The summed E-state index contributed by atoms with van der Waals surface area (Å²) in [6.07, 6.45) is 2.09. The molecule has 7 heteroatoms. The first-order valence-corrected chi connectivity index (χ1v) is 7.51. The highest BCUT2D eigenvalue weighted by Gasteiger charge is 2.37. The van der Waals surface area contributed by atoms with Crippen molar-refractivity contribution < 1.29 is 4.74 Å². The zero-order chi connectivity index (χ0) is 15.5. The second-order valence-corrected chi connectivity index (χ2v) is 5.91. The third-order valence-corrected chi connectivity index (χ3v) is 3.84. The van der Waals surface area contributed by atoms with E-state index in [1.165, 1.54) is 0 Å². The van der Waals surface area contributed by atoms with Gasteiger partial charge in [-0.05, 0) is 26.7 Å². The lowest BCUT2D eigenvalue weighted by Gasteiger charge is -2.29. The number of nitrogens with zero attached hydrogens (tertiary/aromatic N) is 4. The van der Waals surface area contributed by atoms with Crippen molar-refractivity contribution in [1.29, 1.82) is 0 Å². The monoisotopic (exact) mass is 294 g/mol. The number of aromatic nitrogens is 3. The predicted octanol–water partition coefficient (Wildman–Crippen LogP) is 1.74. The summed E-state index contributed by atoms with van der Waals surface area (Å²) >= 11 is 0. The number of hydrogen-bond acceptors (Lipinski definition) is 7. The van der Waals surface area contributed by atoms with Gasteiger partial charge in [-0.15, -0.1) is 0 Å². The van der Waals surface area contributed by atoms with E-state index in [0.717, 1.165) is 26.0 Å². The van der Waals surface area contributed by atoms with Crippen LogP contribution in [0.2, 0.25) is 0 Å². The van der Waals surface area contributed by atoms with Crippen molar-refractivity contribution >= 4 is 17.8 Å². The quantitative estimate of drug-likeness (QED) is 0.827. The first kappa shape index (κ1) is 15.8. The van der Waals surface area contributed by atoms with Crippen molar-refractivity contribution in [3.05, 3.63) is 0 Å². The topological polar surface area (TPSA) is 75.2 Å². The SMILES string of the molecule is CCCNc1nc(NC2(C)CCOC2C)nc(N(C)C)n1. The van der Waals surface area contributed by atoms with Crippen LogP contribution in [-0.4, -0.2) is 53.8 Å². The fraction of sp³-hybridized carbons (Fsp3) is 0.786. The largest absolute Gasteiger partial charge is 0.376 e. The maximum absolute atomic E-state index is 5.65. The Balaban J connectivity index is 2.23. The molecule has 1 aromatic rings. The highest BCUT2D eigenvalue weighted by Crippen LogP contribution is 2.28. The fourth-order valence-corrected chi connectivity index (χ4v) is 2.19. The van der Waals surface area contributed by atoms with Crippen LogP contribution in [0.4, 0.5) is 17.8 Å². The van der Waals surface area contributed by atoms with Crippen LogP contribution < -0.4 is 15.5 Å². The van der Waals surface area contributed by atoms with E-state index in [2.05, 4.69) is 46.4 Å². The van der Waals surface area contributed by atoms with Crippen molar-refractivity contribution in [2.75, 3.05) is 42.8 Å². The number of ether oxygens (including phenoxy) is 1. The zero-order valence-corrected chi connectivity index (χ0v) is 13.6. The Morgan fingerprint density at radius 3 is 2.57 bits per heavy atom. The minimum atomic E-state index is -0.146. The summed E-state index contributed by atoms with van der Waals surface area (Å²) in [7, 11) is 3.84. The molecule has 1 aromatic heterocycles. The van der Waals surface area contributed by atoms with Crippen LogP contribution >= 0.6 is 0 Å². The van der Waals surface area contributed by atoms with Crippen LogP contribution in [-0.2, 0) is 4.74 Å². The molecule has 0 spiro atoms. The molecule has 2 N–H and O–H groups in total. The second kappa shape index (κ2) is 6.43. The Bertz CT molecular complexity index is 481. The van der Waals surface area contributed by atoms with E-state index in [9.17, 15) is 0 Å². The van der Waals surface area contributed by atoms with E-state index in [1.807, 2.05) is 19.0 Å². The minimum absolute atomic E-state index is 0.129. The molecule has 1 saturated heterocycles. The molecule has 1 fully saturated rings. The number of rotatable bonds is 6. The van der Waals surface area contributed by atoms with Crippen molar-refractivity contribution in [2.24, 2.45) is 0 Å². The van der Waals surface area contributed by atoms with Crippen LogP contribution in [0, 0.1) is 0 Å². The summed E-state index contributed by atoms with van der Waals surface area (Å²) in [6, 6.07) is 0. The molecule has 21 heavy (non-hydrogen) atoms. The van der Waals surface area contributed by atoms with Gasteiger partial charge in [-0.1, -0.05) is 6.92 Å². The van der Waals surface area contributed by atoms with Crippen LogP contribution in [0.3, 0.4) is 0 Å². The van der Waals surface area contributed by atoms with E-state index >= 15 is 0 Å². The van der Waals surface area contributed by atoms with E-state index in [1.54, 1.807) is 0 Å². The van der Waals surface area contributed by atoms with E-state index in [4.69, 9.17) is 4.74 Å². The summed E-state index contributed by atoms with van der Waals surface area (Å²) in [4.78, 5) is 15.2. The molecule has 1 aliphatic heterocycles. The third-order valence-electron chi connectivity index (χ3n) is 3.84. The van der Waals surface area contributed by atoms with Gasteiger partial charge in [0.1, 0.15) is 0 Å². The minimum Gasteiger partial charge on any atom is -0.376 e. The lowest BCUT2D eigenvalue weighted by molar-refractivity contribution is 0.105. The molecule has 0 saturated carbocycles. The normalized spacial score (nSPS) is 24.9. The van der Waals surface area contributed by atoms with Gasteiger partial charge < -0.3 is 20.3 Å². The molecular formula is C14H26N6O. The van der Waals surface area contributed by atoms with Gasteiger partial charge in [-0.3, -0.25) is 0 Å². The van der Waals surface area contributed by atoms with Crippen LogP contribution in [0.5, 0.6) is 0 Å². The van der Waals surface area contributed by atoms with Crippen LogP contribution in [0.1, 0.15) is 33.6 Å². The molecule has 0 aromatic carbocycles. The van der Waals surface area contributed by atoms with Crippen LogP contribution in [0.15, 0.2) is 0 Å². The first-order chi connectivity index (χ1) is 9.94. The first-order valence-electron chi connectivity index (χ1n) is 7.51. The van der Waals surface area contributed by atoms with E-state index in [0.29, 0.717) is 17.8 Å². The summed E-state index contributed by atoms with van der Waals surface area (Å²) < 4.78 is 5.65. The Labute approximate surface area is 126 Å². The Morgan fingerprint density at radius 2 is 2.00 bits per heavy atom. The average molecular weight is 294 g/mol. The molecule has 118 valence electrons. The summed E-state index contributed by atoms with van der Waals surface area (Å²) in [5.41, 5.74) is -0.146. The maximum Gasteiger partial charge on any atom is 0.231 e. The lowest BCUT2D eigenvalue weighted by Crippen LogP contribution is -2.42. The van der Waals surface area contributed by atoms with Gasteiger partial charge in [0.05, 0.1) is 11.6 Å². The number of hydrogen-bond donors (Lipinski definition) is 2. The molecule has 0 amide bonds. The highest BCUT2D eigenvalue weighted by atomic mass is 16.5. The fourth-order valence-electron chi connectivity index (χ4n) is 2.19. The van der Waals surface area contributed by atoms with Gasteiger partial charge in [0.15, 0.2) is 0 Å². The maximum atomic E-state index is 5.65. The molecular weight excluding hydrogens is 268 g/mol. The van der Waals surface area contributed by atoms with Gasteiger partial charge >= 0.3 is 0 Å². The van der Waals surface area contributed by atoms with Gasteiger partial charge in [0.25, 0.3) is 0 Å². The molecule has 2 atom stereocenters. The van der Waals surface area contributed by atoms with Crippen LogP contribution in [0.25, 0.3) is 0 Å². The van der Waals surface area contributed by atoms with E-state index < -0.39 is 0 Å². The van der Waals surface area contributed by atoms with Gasteiger partial charge in [-0.25, -0.2) is 0 Å². The zero-order valence-electron chi connectivity index (χ0n) is 13.6. The van der Waals surface area contributed by atoms with Gasteiger partial charge in [0, 0.05) is 27.2 Å². The van der Waals surface area contributed by atoms with Crippen molar-refractivity contribution in [2.45, 2.75) is 45.3 Å². The van der Waals surface area contributed by atoms with Crippen molar-refractivity contribution in [1.82, 2.24) is 15.0 Å². The summed E-state index contributed by atoms with van der Waals surface area (Å²) in [5.74, 6) is 1.83. The molecule has 0 bridgehead atoms. The molecule has 0 aliphatic carbocycles. The average Bonchev–Trinajstić information content (AvgIpc) is 2.75. The van der Waals surface area contributed by atoms with Crippen molar-refractivity contribution in [3.63, 3.8) is 0 Å². The molecule has 0 radical (unpaired) electrons. The van der Waals surface area contributed by atoms with Gasteiger partial charge in [-0.2, -0.15) is 15.0 Å². The molecule has 2 unspecified atom stereocenters.